The molecule has 1 saturated carbocycles. The zero-order valence-corrected chi connectivity index (χ0v) is 15.8. The molecular weight excluding hydrogens is 374 g/mol. The van der Waals surface area contributed by atoms with E-state index in [4.69, 9.17) is 0 Å². The predicted molar refractivity (Wildman–Crippen MR) is 109 cm³/mol. The minimum absolute atomic E-state index is 0.150. The molecule has 0 saturated heterocycles. The van der Waals surface area contributed by atoms with Gasteiger partial charge in [0.05, 0.1) is 0 Å². The fraction of sp³-hybridized carbons (Fsp3) is 0.217. The van der Waals surface area contributed by atoms with Crippen LogP contribution in [0.1, 0.15) is 24.0 Å². The number of rotatable bonds is 8. The Morgan fingerprint density at radius 3 is 1.83 bits per heavy atom. The molecule has 0 heterocycles. The minimum Gasteiger partial charge on any atom is -0.350 e. The van der Waals surface area contributed by atoms with E-state index in [1.165, 1.54) is 36.4 Å². The summed E-state index contributed by atoms with van der Waals surface area (Å²) in [6.07, 6.45) is 8.02. The van der Waals surface area contributed by atoms with Crippen molar-refractivity contribution in [2.24, 2.45) is 5.92 Å². The van der Waals surface area contributed by atoms with E-state index in [-0.39, 0.29) is 29.5 Å². The highest BCUT2D eigenvalue weighted by Crippen LogP contribution is 2.32. The first-order chi connectivity index (χ1) is 14.0. The van der Waals surface area contributed by atoms with Crippen molar-refractivity contribution in [3.05, 3.63) is 83.4 Å². The van der Waals surface area contributed by atoms with Crippen LogP contribution in [-0.4, -0.2) is 24.4 Å². The maximum Gasteiger partial charge on any atom is 0.244 e. The van der Waals surface area contributed by atoms with Crippen molar-refractivity contribution in [2.75, 3.05) is 6.54 Å². The second kappa shape index (κ2) is 9.78. The van der Waals surface area contributed by atoms with Gasteiger partial charge < -0.3 is 10.6 Å². The summed E-state index contributed by atoms with van der Waals surface area (Å²) < 4.78 is 25.8. The van der Waals surface area contributed by atoms with Crippen LogP contribution >= 0.6 is 0 Å². The second-order valence-corrected chi connectivity index (χ2v) is 6.97. The van der Waals surface area contributed by atoms with Crippen LogP contribution < -0.4 is 10.6 Å². The monoisotopic (exact) mass is 396 g/mol. The van der Waals surface area contributed by atoms with Crippen LogP contribution in [0.15, 0.2) is 60.7 Å². The lowest BCUT2D eigenvalue weighted by molar-refractivity contribution is -0.119. The molecule has 2 aromatic rings. The lowest BCUT2D eigenvalue weighted by Crippen LogP contribution is -2.44. The SMILES string of the molecule is O=C(C=Cc1ccc(F)cc1)NCC(NC(=O)C=Cc1ccc(F)cc1)C1CC1. The molecular formula is C23H22F2N2O2. The molecule has 3 rings (SSSR count). The topological polar surface area (TPSA) is 58.2 Å². The molecule has 0 spiro atoms. The highest BCUT2D eigenvalue weighted by Gasteiger charge is 2.31. The summed E-state index contributed by atoms with van der Waals surface area (Å²) in [5.74, 6) is -0.856. The Hall–Kier alpha value is -3.28. The van der Waals surface area contributed by atoms with E-state index in [1.807, 2.05) is 0 Å². The van der Waals surface area contributed by atoms with Gasteiger partial charge in [0.2, 0.25) is 11.8 Å². The van der Waals surface area contributed by atoms with Gasteiger partial charge in [-0.05, 0) is 66.3 Å². The molecule has 1 fully saturated rings. The van der Waals surface area contributed by atoms with Crippen LogP contribution in [0.2, 0.25) is 0 Å². The number of carbonyl (C=O) groups is 2. The molecule has 2 N–H and O–H groups in total. The second-order valence-electron chi connectivity index (χ2n) is 6.97. The molecule has 150 valence electrons. The molecule has 0 aliphatic heterocycles. The third-order valence-electron chi connectivity index (χ3n) is 4.61. The summed E-state index contributed by atoms with van der Waals surface area (Å²) in [4.78, 5) is 24.2. The van der Waals surface area contributed by atoms with Gasteiger partial charge in [-0.3, -0.25) is 9.59 Å². The Labute approximate surface area is 168 Å². The summed E-state index contributed by atoms with van der Waals surface area (Å²) in [5.41, 5.74) is 1.45. The zero-order chi connectivity index (χ0) is 20.6. The van der Waals surface area contributed by atoms with Crippen molar-refractivity contribution in [1.82, 2.24) is 10.6 Å². The van der Waals surface area contributed by atoms with Gasteiger partial charge in [-0.15, -0.1) is 0 Å². The number of benzene rings is 2. The number of halogens is 2. The summed E-state index contributed by atoms with van der Waals surface area (Å²) in [7, 11) is 0. The van der Waals surface area contributed by atoms with Crippen molar-refractivity contribution in [1.29, 1.82) is 0 Å². The number of nitrogens with one attached hydrogen (secondary N) is 2. The molecule has 1 aliphatic carbocycles. The fourth-order valence-electron chi connectivity index (χ4n) is 2.83. The van der Waals surface area contributed by atoms with E-state index < -0.39 is 0 Å². The summed E-state index contributed by atoms with van der Waals surface area (Å²) in [6.45, 7) is 0.327. The molecule has 2 amide bonds. The smallest absolute Gasteiger partial charge is 0.244 e. The Balaban J connectivity index is 1.48. The highest BCUT2D eigenvalue weighted by atomic mass is 19.1. The van der Waals surface area contributed by atoms with Gasteiger partial charge in [0, 0.05) is 24.7 Å². The molecule has 2 aromatic carbocycles. The molecule has 6 heteroatoms. The first-order valence-electron chi connectivity index (χ1n) is 9.45. The first-order valence-corrected chi connectivity index (χ1v) is 9.45. The predicted octanol–water partition coefficient (Wildman–Crippen LogP) is 3.70. The van der Waals surface area contributed by atoms with Gasteiger partial charge >= 0.3 is 0 Å². The van der Waals surface area contributed by atoms with Crippen LogP contribution in [0.3, 0.4) is 0 Å². The van der Waals surface area contributed by atoms with Crippen LogP contribution in [0, 0.1) is 17.6 Å². The lowest BCUT2D eigenvalue weighted by Gasteiger charge is -2.17. The van der Waals surface area contributed by atoms with E-state index in [0.29, 0.717) is 12.5 Å². The van der Waals surface area contributed by atoms with Crippen LogP contribution in [-0.2, 0) is 9.59 Å². The maximum absolute atomic E-state index is 12.9. The van der Waals surface area contributed by atoms with Gasteiger partial charge in [-0.25, -0.2) is 8.78 Å². The molecule has 0 aromatic heterocycles. The van der Waals surface area contributed by atoms with Gasteiger partial charge in [-0.2, -0.15) is 0 Å². The Kier molecular flexibility index (Phi) is 6.89. The van der Waals surface area contributed by atoms with Gasteiger partial charge in [0.1, 0.15) is 11.6 Å². The lowest BCUT2D eigenvalue weighted by atomic mass is 10.1. The van der Waals surface area contributed by atoms with E-state index in [0.717, 1.165) is 24.0 Å². The number of carbonyl (C=O) groups excluding carboxylic acids is 2. The van der Waals surface area contributed by atoms with Crippen molar-refractivity contribution < 1.29 is 18.4 Å². The highest BCUT2D eigenvalue weighted by molar-refractivity contribution is 5.93. The van der Waals surface area contributed by atoms with E-state index in [2.05, 4.69) is 10.6 Å². The first kappa shape index (κ1) is 20.5. The number of amides is 2. The Bertz CT molecular complexity index is 901. The molecule has 1 aliphatic rings. The summed E-state index contributed by atoms with van der Waals surface area (Å²) in [6, 6.07) is 11.5. The van der Waals surface area contributed by atoms with E-state index >= 15 is 0 Å². The van der Waals surface area contributed by atoms with Gasteiger partial charge in [-0.1, -0.05) is 24.3 Å². The molecule has 1 atom stereocenters. The maximum atomic E-state index is 12.9. The van der Waals surface area contributed by atoms with Crippen LogP contribution in [0.25, 0.3) is 12.2 Å². The van der Waals surface area contributed by atoms with Crippen LogP contribution in [0.4, 0.5) is 8.78 Å². The summed E-state index contributed by atoms with van der Waals surface area (Å²) in [5, 5.41) is 5.71. The molecule has 0 radical (unpaired) electrons. The van der Waals surface area contributed by atoms with Crippen molar-refractivity contribution >= 4 is 24.0 Å². The third kappa shape index (κ3) is 6.99. The molecule has 1 unspecified atom stereocenters. The largest absolute Gasteiger partial charge is 0.350 e. The third-order valence-corrected chi connectivity index (χ3v) is 4.61. The van der Waals surface area contributed by atoms with Crippen LogP contribution in [0.5, 0.6) is 0 Å². The number of hydrogen-bond donors (Lipinski definition) is 2. The quantitative estimate of drug-likeness (QED) is 0.669. The molecule has 29 heavy (non-hydrogen) atoms. The zero-order valence-electron chi connectivity index (χ0n) is 15.8. The standard InChI is InChI=1S/C23H22F2N2O2/c24-19-9-1-16(2-10-19)5-13-22(28)26-15-21(18-7-8-18)27-23(29)14-6-17-3-11-20(25)12-4-17/h1-6,9-14,18,21H,7-8,15H2,(H,26,28)(H,27,29). The fourth-order valence-corrected chi connectivity index (χ4v) is 2.83. The van der Waals surface area contributed by atoms with Gasteiger partial charge in [0.15, 0.2) is 0 Å². The van der Waals surface area contributed by atoms with E-state index in [9.17, 15) is 18.4 Å². The average Bonchev–Trinajstić information content (AvgIpc) is 3.55. The van der Waals surface area contributed by atoms with Crippen molar-refractivity contribution in [3.8, 4) is 0 Å². The van der Waals surface area contributed by atoms with Crippen molar-refractivity contribution in [2.45, 2.75) is 18.9 Å². The molecule has 4 nitrogen and oxygen atoms in total. The van der Waals surface area contributed by atoms with Gasteiger partial charge in [0.25, 0.3) is 0 Å². The number of hydrogen-bond acceptors (Lipinski definition) is 2. The molecule has 0 bridgehead atoms. The Morgan fingerprint density at radius 2 is 1.34 bits per heavy atom. The minimum atomic E-state index is -0.330. The Morgan fingerprint density at radius 1 is 0.862 bits per heavy atom. The normalized spacial score (nSPS) is 14.8. The van der Waals surface area contributed by atoms with E-state index in [1.54, 1.807) is 36.4 Å². The summed E-state index contributed by atoms with van der Waals surface area (Å²) >= 11 is 0. The average molecular weight is 396 g/mol. The van der Waals surface area contributed by atoms with Crippen molar-refractivity contribution in [3.63, 3.8) is 0 Å².